The monoisotopic (exact) mass is 386 g/mol. The summed E-state index contributed by atoms with van der Waals surface area (Å²) in [4.78, 5) is 15.4. The van der Waals surface area contributed by atoms with Crippen LogP contribution in [0.25, 0.3) is 0 Å². The Hall–Kier alpha value is -2.38. The molecule has 28 heavy (non-hydrogen) atoms. The van der Waals surface area contributed by atoms with Crippen LogP contribution < -0.4 is 15.8 Å². The minimum absolute atomic E-state index is 0.217. The van der Waals surface area contributed by atoms with E-state index in [9.17, 15) is 9.90 Å². The van der Waals surface area contributed by atoms with Crippen molar-refractivity contribution in [3.8, 4) is 5.75 Å². The molecule has 0 saturated carbocycles. The van der Waals surface area contributed by atoms with E-state index in [0.29, 0.717) is 12.3 Å². The standard InChI is InChI=1S/C21H30N4O3/c22-21(27)12-16-6-8-18(9-7-16)28-14-17(26)13-23-10-3-11-25-15-24-19-4-1-2-5-20(19)25/h6-9,15,17,23,26H,1-5,10-14H2,(H2,22,27). The summed E-state index contributed by atoms with van der Waals surface area (Å²) in [5.41, 5.74) is 8.70. The Kier molecular flexibility index (Phi) is 7.45. The average Bonchev–Trinajstić information content (AvgIpc) is 3.10. The molecule has 7 heteroatoms. The zero-order chi connectivity index (χ0) is 19.8. The number of aliphatic hydroxyl groups is 1. The number of carbonyl (C=O) groups excluding carboxylic acids is 1. The van der Waals surface area contributed by atoms with Gasteiger partial charge in [0.1, 0.15) is 18.5 Å². The third-order valence-electron chi connectivity index (χ3n) is 4.99. The molecule has 1 heterocycles. The van der Waals surface area contributed by atoms with E-state index in [1.807, 2.05) is 6.33 Å². The van der Waals surface area contributed by atoms with Gasteiger partial charge in [-0.3, -0.25) is 4.79 Å². The van der Waals surface area contributed by atoms with Crippen LogP contribution in [0.4, 0.5) is 0 Å². The number of carbonyl (C=O) groups is 1. The molecule has 7 nitrogen and oxygen atoms in total. The Morgan fingerprint density at radius 1 is 1.29 bits per heavy atom. The first-order chi connectivity index (χ1) is 13.6. The molecule has 1 aromatic heterocycles. The second-order valence-corrected chi connectivity index (χ2v) is 7.35. The van der Waals surface area contributed by atoms with Gasteiger partial charge in [0.2, 0.25) is 5.91 Å². The number of nitrogens with one attached hydrogen (secondary N) is 1. The first kappa shape index (κ1) is 20.4. The van der Waals surface area contributed by atoms with Gasteiger partial charge in [0, 0.05) is 18.8 Å². The van der Waals surface area contributed by atoms with E-state index in [0.717, 1.165) is 37.9 Å². The molecule has 0 saturated heterocycles. The first-order valence-corrected chi connectivity index (χ1v) is 10.0. The summed E-state index contributed by atoms with van der Waals surface area (Å²) in [6.45, 7) is 2.50. The van der Waals surface area contributed by atoms with Crippen molar-refractivity contribution in [3.05, 3.63) is 47.5 Å². The first-order valence-electron chi connectivity index (χ1n) is 10.0. The van der Waals surface area contributed by atoms with Crippen LogP contribution in [-0.2, 0) is 30.6 Å². The summed E-state index contributed by atoms with van der Waals surface area (Å²) < 4.78 is 7.86. The van der Waals surface area contributed by atoms with Crippen molar-refractivity contribution < 1.29 is 14.6 Å². The third kappa shape index (κ3) is 6.07. The molecule has 2 aromatic rings. The number of amides is 1. The molecule has 0 bridgehead atoms. The average molecular weight is 386 g/mol. The second-order valence-electron chi connectivity index (χ2n) is 7.35. The van der Waals surface area contributed by atoms with E-state index in [4.69, 9.17) is 10.5 Å². The molecule has 0 radical (unpaired) electrons. The highest BCUT2D eigenvalue weighted by atomic mass is 16.5. The Morgan fingerprint density at radius 2 is 2.07 bits per heavy atom. The number of aliphatic hydroxyl groups excluding tert-OH is 1. The van der Waals surface area contributed by atoms with Crippen LogP contribution >= 0.6 is 0 Å². The highest BCUT2D eigenvalue weighted by Gasteiger charge is 2.14. The number of imidazole rings is 1. The maximum atomic E-state index is 10.9. The second kappa shape index (κ2) is 10.2. The number of aromatic nitrogens is 2. The number of ether oxygens (including phenoxy) is 1. The van der Waals surface area contributed by atoms with Gasteiger partial charge < -0.3 is 25.5 Å². The Balaban J connectivity index is 1.29. The molecule has 1 aromatic carbocycles. The largest absolute Gasteiger partial charge is 0.491 e. The number of rotatable bonds is 11. The summed E-state index contributed by atoms with van der Waals surface area (Å²) in [6.07, 6.45) is 7.37. The molecule has 3 rings (SSSR count). The summed E-state index contributed by atoms with van der Waals surface area (Å²) in [6, 6.07) is 7.17. The van der Waals surface area contributed by atoms with Crippen molar-refractivity contribution >= 4 is 5.91 Å². The van der Waals surface area contributed by atoms with Crippen molar-refractivity contribution in [2.75, 3.05) is 19.7 Å². The lowest BCUT2D eigenvalue weighted by Crippen LogP contribution is -2.32. The van der Waals surface area contributed by atoms with Crippen LogP contribution in [0.3, 0.4) is 0 Å². The van der Waals surface area contributed by atoms with E-state index >= 15 is 0 Å². The third-order valence-corrected chi connectivity index (χ3v) is 4.99. The van der Waals surface area contributed by atoms with Gasteiger partial charge in [-0.25, -0.2) is 4.98 Å². The fourth-order valence-electron chi connectivity index (χ4n) is 3.52. The number of benzene rings is 1. The number of hydrogen-bond donors (Lipinski definition) is 3. The molecule has 1 amide bonds. The molecule has 1 aliphatic carbocycles. The predicted molar refractivity (Wildman–Crippen MR) is 107 cm³/mol. The Labute approximate surface area is 165 Å². The van der Waals surface area contributed by atoms with Crippen LogP contribution in [0.15, 0.2) is 30.6 Å². The number of aryl methyl sites for hydroxylation is 2. The highest BCUT2D eigenvalue weighted by Crippen LogP contribution is 2.19. The summed E-state index contributed by atoms with van der Waals surface area (Å²) in [7, 11) is 0. The Morgan fingerprint density at radius 3 is 2.86 bits per heavy atom. The number of nitrogens with zero attached hydrogens (tertiary/aromatic N) is 2. The van der Waals surface area contributed by atoms with Crippen molar-refractivity contribution in [1.82, 2.24) is 14.9 Å². The molecular weight excluding hydrogens is 356 g/mol. The molecule has 1 atom stereocenters. The van der Waals surface area contributed by atoms with E-state index < -0.39 is 6.10 Å². The zero-order valence-electron chi connectivity index (χ0n) is 16.3. The molecule has 0 aliphatic heterocycles. The van der Waals surface area contributed by atoms with Gasteiger partial charge in [-0.1, -0.05) is 12.1 Å². The van der Waals surface area contributed by atoms with E-state index in [1.54, 1.807) is 24.3 Å². The minimum Gasteiger partial charge on any atom is -0.491 e. The van der Waals surface area contributed by atoms with Crippen molar-refractivity contribution in [3.63, 3.8) is 0 Å². The van der Waals surface area contributed by atoms with Crippen LogP contribution in [0.5, 0.6) is 5.75 Å². The molecule has 0 fully saturated rings. The van der Waals surface area contributed by atoms with Crippen LogP contribution in [0.1, 0.15) is 36.2 Å². The van der Waals surface area contributed by atoms with Crippen molar-refractivity contribution in [2.24, 2.45) is 5.73 Å². The highest BCUT2D eigenvalue weighted by molar-refractivity contribution is 5.76. The lowest BCUT2D eigenvalue weighted by Gasteiger charge is -2.15. The predicted octanol–water partition coefficient (Wildman–Crippen LogP) is 1.21. The fraction of sp³-hybridized carbons (Fsp3) is 0.524. The minimum atomic E-state index is -0.577. The van der Waals surface area contributed by atoms with Gasteiger partial charge in [-0.2, -0.15) is 0 Å². The molecule has 152 valence electrons. The lowest BCUT2D eigenvalue weighted by molar-refractivity contribution is -0.117. The number of nitrogens with two attached hydrogens (primary N) is 1. The zero-order valence-corrected chi connectivity index (χ0v) is 16.3. The molecule has 1 unspecified atom stereocenters. The smallest absolute Gasteiger partial charge is 0.221 e. The maximum absolute atomic E-state index is 10.9. The quantitative estimate of drug-likeness (QED) is 0.504. The van der Waals surface area contributed by atoms with Crippen molar-refractivity contribution in [1.29, 1.82) is 0 Å². The van der Waals surface area contributed by atoms with Gasteiger partial charge in [0.15, 0.2) is 0 Å². The molecule has 4 N–H and O–H groups in total. The molecule has 1 aliphatic rings. The summed E-state index contributed by atoms with van der Waals surface area (Å²) in [5, 5.41) is 13.3. The number of primary amides is 1. The van der Waals surface area contributed by atoms with E-state index in [-0.39, 0.29) is 18.9 Å². The van der Waals surface area contributed by atoms with E-state index in [1.165, 1.54) is 24.2 Å². The van der Waals surface area contributed by atoms with E-state index in [2.05, 4.69) is 14.9 Å². The van der Waals surface area contributed by atoms with Gasteiger partial charge in [0.05, 0.1) is 18.4 Å². The van der Waals surface area contributed by atoms with Gasteiger partial charge >= 0.3 is 0 Å². The maximum Gasteiger partial charge on any atom is 0.221 e. The topological polar surface area (TPSA) is 102 Å². The summed E-state index contributed by atoms with van der Waals surface area (Å²) in [5.74, 6) is 0.306. The summed E-state index contributed by atoms with van der Waals surface area (Å²) >= 11 is 0. The van der Waals surface area contributed by atoms with Gasteiger partial charge in [-0.15, -0.1) is 0 Å². The lowest BCUT2D eigenvalue weighted by atomic mass is 10.0. The Bertz CT molecular complexity index is 758. The normalized spacial score (nSPS) is 14.5. The molecular formula is C21H30N4O3. The SMILES string of the molecule is NC(=O)Cc1ccc(OCC(O)CNCCCn2cnc3c2CCCC3)cc1. The van der Waals surface area contributed by atoms with Crippen LogP contribution in [0.2, 0.25) is 0 Å². The number of fused-ring (bicyclic) bond motifs is 1. The fourth-order valence-corrected chi connectivity index (χ4v) is 3.52. The van der Waals surface area contributed by atoms with Gasteiger partial charge in [0.25, 0.3) is 0 Å². The van der Waals surface area contributed by atoms with Crippen molar-refractivity contribution in [2.45, 2.75) is 51.2 Å². The number of hydrogen-bond acceptors (Lipinski definition) is 5. The van der Waals surface area contributed by atoms with Crippen LogP contribution in [0, 0.1) is 0 Å². The van der Waals surface area contributed by atoms with Gasteiger partial charge in [-0.05, 0) is 56.3 Å². The molecule has 0 spiro atoms. The van der Waals surface area contributed by atoms with Crippen LogP contribution in [-0.4, -0.2) is 46.4 Å².